The highest BCUT2D eigenvalue weighted by Gasteiger charge is 2.16. The average molecular weight is 414 g/mol. The lowest BCUT2D eigenvalue weighted by atomic mass is 10.1. The van der Waals surface area contributed by atoms with Crippen LogP contribution in [0.15, 0.2) is 91.0 Å². The molecule has 0 amide bonds. The second-order valence-corrected chi connectivity index (χ2v) is 8.64. The molecular formula is C28H35N3. The molecule has 3 nitrogen and oxygen atoms in total. The second kappa shape index (κ2) is 11.8. The van der Waals surface area contributed by atoms with E-state index in [-0.39, 0.29) is 0 Å². The number of benzene rings is 3. The smallest absolute Gasteiger partial charge is 0.0234 e. The molecule has 4 rings (SSSR count). The first-order valence-electron chi connectivity index (χ1n) is 11.6. The van der Waals surface area contributed by atoms with Gasteiger partial charge in [-0.25, -0.2) is 0 Å². The molecule has 0 unspecified atom stereocenters. The fraction of sp³-hybridized carbons (Fsp3) is 0.357. The van der Waals surface area contributed by atoms with Crippen LogP contribution in [0.3, 0.4) is 0 Å². The van der Waals surface area contributed by atoms with E-state index in [2.05, 4.69) is 106 Å². The van der Waals surface area contributed by atoms with Crippen LogP contribution in [0.2, 0.25) is 0 Å². The molecule has 1 aliphatic heterocycles. The second-order valence-electron chi connectivity index (χ2n) is 8.64. The Hall–Kier alpha value is -2.46. The summed E-state index contributed by atoms with van der Waals surface area (Å²) in [7, 11) is 0. The van der Waals surface area contributed by atoms with Gasteiger partial charge >= 0.3 is 0 Å². The van der Waals surface area contributed by atoms with Crippen LogP contribution in [-0.2, 0) is 19.6 Å². The highest BCUT2D eigenvalue weighted by molar-refractivity contribution is 5.16. The summed E-state index contributed by atoms with van der Waals surface area (Å²) < 4.78 is 0. The lowest BCUT2D eigenvalue weighted by molar-refractivity contribution is 0.139. The monoisotopic (exact) mass is 413 g/mol. The van der Waals surface area contributed by atoms with Gasteiger partial charge in [0.25, 0.3) is 0 Å². The fourth-order valence-corrected chi connectivity index (χ4v) is 4.42. The van der Waals surface area contributed by atoms with Crippen LogP contribution >= 0.6 is 0 Å². The molecule has 0 atom stereocenters. The maximum Gasteiger partial charge on any atom is 0.0234 e. The van der Waals surface area contributed by atoms with Crippen LogP contribution in [0, 0.1) is 0 Å². The highest BCUT2D eigenvalue weighted by atomic mass is 15.2. The van der Waals surface area contributed by atoms with Crippen molar-refractivity contribution in [3.05, 3.63) is 108 Å². The van der Waals surface area contributed by atoms with Gasteiger partial charge in [-0.05, 0) is 36.2 Å². The molecule has 162 valence electrons. The van der Waals surface area contributed by atoms with E-state index >= 15 is 0 Å². The molecular weight excluding hydrogens is 378 g/mol. The fourth-order valence-electron chi connectivity index (χ4n) is 4.42. The van der Waals surface area contributed by atoms with Crippen LogP contribution in [0.5, 0.6) is 0 Å². The SMILES string of the molecule is c1ccc(CN2CCCN(Cc3ccccc3)CCN(Cc3ccccc3)CC2)cc1. The van der Waals surface area contributed by atoms with Crippen LogP contribution in [0.25, 0.3) is 0 Å². The maximum atomic E-state index is 2.64. The number of hydrogen-bond donors (Lipinski definition) is 0. The van der Waals surface area contributed by atoms with Crippen molar-refractivity contribution in [1.29, 1.82) is 0 Å². The zero-order chi connectivity index (χ0) is 21.1. The molecule has 0 aliphatic carbocycles. The number of nitrogens with zero attached hydrogens (tertiary/aromatic N) is 3. The molecule has 0 N–H and O–H groups in total. The quantitative estimate of drug-likeness (QED) is 0.569. The van der Waals surface area contributed by atoms with Crippen molar-refractivity contribution >= 4 is 0 Å². The normalized spacial score (nSPS) is 17.4. The summed E-state index contributed by atoms with van der Waals surface area (Å²) in [6.07, 6.45) is 1.22. The summed E-state index contributed by atoms with van der Waals surface area (Å²) in [5.41, 5.74) is 4.23. The zero-order valence-corrected chi connectivity index (χ0v) is 18.6. The Morgan fingerprint density at radius 3 is 1.00 bits per heavy atom. The Balaban J connectivity index is 1.44. The minimum atomic E-state index is 1.03. The van der Waals surface area contributed by atoms with E-state index in [0.29, 0.717) is 0 Å². The van der Waals surface area contributed by atoms with Gasteiger partial charge < -0.3 is 0 Å². The molecule has 0 saturated carbocycles. The van der Waals surface area contributed by atoms with Gasteiger partial charge in [-0.15, -0.1) is 0 Å². The Labute approximate surface area is 187 Å². The molecule has 1 fully saturated rings. The minimum Gasteiger partial charge on any atom is -0.298 e. The summed E-state index contributed by atoms with van der Waals surface area (Å²) >= 11 is 0. The van der Waals surface area contributed by atoms with Gasteiger partial charge in [0.15, 0.2) is 0 Å². The number of rotatable bonds is 6. The molecule has 0 aromatic heterocycles. The third-order valence-corrected chi connectivity index (χ3v) is 6.16. The molecule has 1 aliphatic rings. The van der Waals surface area contributed by atoms with Crippen LogP contribution in [0.1, 0.15) is 23.1 Å². The minimum absolute atomic E-state index is 1.03. The van der Waals surface area contributed by atoms with Gasteiger partial charge in [0.1, 0.15) is 0 Å². The molecule has 0 radical (unpaired) electrons. The lowest BCUT2D eigenvalue weighted by Crippen LogP contribution is -2.42. The van der Waals surface area contributed by atoms with E-state index in [4.69, 9.17) is 0 Å². The van der Waals surface area contributed by atoms with Crippen LogP contribution in [0.4, 0.5) is 0 Å². The predicted octanol–water partition coefficient (Wildman–Crippen LogP) is 4.90. The summed E-state index contributed by atoms with van der Waals surface area (Å²) in [6, 6.07) is 32.7. The maximum absolute atomic E-state index is 2.64. The van der Waals surface area contributed by atoms with Crippen LogP contribution in [-0.4, -0.2) is 54.0 Å². The first kappa shape index (κ1) is 21.8. The van der Waals surface area contributed by atoms with E-state index in [1.54, 1.807) is 0 Å². The summed E-state index contributed by atoms with van der Waals surface area (Å²) in [4.78, 5) is 7.91. The Kier molecular flexibility index (Phi) is 8.29. The van der Waals surface area contributed by atoms with Gasteiger partial charge in [-0.1, -0.05) is 91.0 Å². The lowest BCUT2D eigenvalue weighted by Gasteiger charge is -2.33. The summed E-state index contributed by atoms with van der Waals surface area (Å²) in [5.74, 6) is 0. The summed E-state index contributed by atoms with van der Waals surface area (Å²) in [5, 5.41) is 0. The molecule has 1 saturated heterocycles. The van der Waals surface area contributed by atoms with E-state index < -0.39 is 0 Å². The highest BCUT2D eigenvalue weighted by Crippen LogP contribution is 2.12. The zero-order valence-electron chi connectivity index (χ0n) is 18.6. The van der Waals surface area contributed by atoms with Gasteiger partial charge in [0, 0.05) is 45.8 Å². The molecule has 3 aromatic carbocycles. The van der Waals surface area contributed by atoms with Crippen molar-refractivity contribution in [2.24, 2.45) is 0 Å². The molecule has 1 heterocycles. The third kappa shape index (κ3) is 7.32. The van der Waals surface area contributed by atoms with Crippen molar-refractivity contribution in [1.82, 2.24) is 14.7 Å². The van der Waals surface area contributed by atoms with Crippen LogP contribution < -0.4 is 0 Å². The molecule has 0 spiro atoms. The summed E-state index contributed by atoms with van der Waals surface area (Å²) in [6.45, 7) is 9.89. The largest absolute Gasteiger partial charge is 0.298 e. The first-order chi connectivity index (χ1) is 15.3. The average Bonchev–Trinajstić information content (AvgIpc) is 2.82. The van der Waals surface area contributed by atoms with Crippen molar-refractivity contribution in [2.45, 2.75) is 26.1 Å². The predicted molar refractivity (Wildman–Crippen MR) is 130 cm³/mol. The Morgan fingerprint density at radius 2 is 0.677 bits per heavy atom. The molecule has 0 bridgehead atoms. The van der Waals surface area contributed by atoms with Gasteiger partial charge in [-0.2, -0.15) is 0 Å². The van der Waals surface area contributed by atoms with E-state index in [9.17, 15) is 0 Å². The molecule has 3 heteroatoms. The van der Waals surface area contributed by atoms with Gasteiger partial charge in [0.2, 0.25) is 0 Å². The molecule has 31 heavy (non-hydrogen) atoms. The van der Waals surface area contributed by atoms with Crippen molar-refractivity contribution < 1.29 is 0 Å². The first-order valence-corrected chi connectivity index (χ1v) is 11.6. The van der Waals surface area contributed by atoms with E-state index in [1.165, 1.54) is 23.1 Å². The topological polar surface area (TPSA) is 9.72 Å². The van der Waals surface area contributed by atoms with Gasteiger partial charge in [0.05, 0.1) is 0 Å². The van der Waals surface area contributed by atoms with Crippen molar-refractivity contribution in [2.75, 3.05) is 39.3 Å². The number of hydrogen-bond acceptors (Lipinski definition) is 3. The standard InChI is InChI=1S/C28H35N3/c1-4-11-26(12-5-1)23-29-17-10-18-30(24-27-13-6-2-7-14-27)20-22-31(21-19-29)25-28-15-8-3-9-16-28/h1-9,11-16H,10,17-25H2. The van der Waals surface area contributed by atoms with E-state index in [1.807, 2.05) is 0 Å². The Bertz CT molecular complexity index is 813. The van der Waals surface area contributed by atoms with Crippen molar-refractivity contribution in [3.63, 3.8) is 0 Å². The van der Waals surface area contributed by atoms with Gasteiger partial charge in [-0.3, -0.25) is 14.7 Å². The molecule has 3 aromatic rings. The third-order valence-electron chi connectivity index (χ3n) is 6.16. The van der Waals surface area contributed by atoms with E-state index in [0.717, 1.165) is 58.9 Å². The van der Waals surface area contributed by atoms with Crippen molar-refractivity contribution in [3.8, 4) is 0 Å². The Morgan fingerprint density at radius 1 is 0.387 bits per heavy atom.